The standard InChI is InChI=1S/C56H80N2O12/c1-7-13-19-29-61-49-35-41(36-50(62-30-20-14-8-2)53(49)65-33-23-17-11-5)55(59)69-67-47-39-43(57)25-27-45(47)46-28-26-44(58)40-48(46)68-70-56(60)42-37-51(63-31-21-15-9-3)54(66-34-24-18-12-6)52(38-42)64-32-22-16-10-4/h25-28,35-40H,7-24,29-34,57-58H2,1-6H3. The lowest BCUT2D eigenvalue weighted by Crippen LogP contribution is -2.12. The van der Waals surface area contributed by atoms with Crippen LogP contribution in [-0.4, -0.2) is 51.6 Å². The van der Waals surface area contributed by atoms with Crippen molar-refractivity contribution in [2.45, 2.75) is 157 Å². The monoisotopic (exact) mass is 973 g/mol. The van der Waals surface area contributed by atoms with Gasteiger partial charge in [-0.15, -0.1) is 0 Å². The molecule has 0 aromatic heterocycles. The molecule has 0 unspecified atom stereocenters. The van der Waals surface area contributed by atoms with Gasteiger partial charge in [-0.05, 0) is 87.1 Å². The summed E-state index contributed by atoms with van der Waals surface area (Å²) < 4.78 is 37.5. The molecule has 0 saturated carbocycles. The number of rotatable bonds is 37. The van der Waals surface area contributed by atoms with Crippen LogP contribution in [0, 0.1) is 0 Å². The third kappa shape index (κ3) is 19.0. The van der Waals surface area contributed by atoms with Crippen molar-refractivity contribution in [3.8, 4) is 57.1 Å². The van der Waals surface area contributed by atoms with E-state index >= 15 is 0 Å². The molecular weight excluding hydrogens is 893 g/mol. The molecule has 0 amide bonds. The van der Waals surface area contributed by atoms with Gasteiger partial charge in [0.25, 0.3) is 0 Å². The Balaban J connectivity index is 1.63. The lowest BCUT2D eigenvalue weighted by Gasteiger charge is -2.19. The molecular formula is C56H80N2O12. The first-order valence-corrected chi connectivity index (χ1v) is 25.9. The molecule has 4 aromatic carbocycles. The highest BCUT2D eigenvalue weighted by atomic mass is 17.2. The van der Waals surface area contributed by atoms with Gasteiger partial charge < -0.3 is 39.9 Å². The number of nitrogen functional groups attached to an aromatic ring is 2. The molecule has 0 bridgehead atoms. The molecule has 0 saturated heterocycles. The average molecular weight is 973 g/mol. The molecule has 14 heteroatoms. The van der Waals surface area contributed by atoms with Crippen LogP contribution in [0.3, 0.4) is 0 Å². The van der Waals surface area contributed by atoms with Crippen LogP contribution < -0.4 is 49.7 Å². The van der Waals surface area contributed by atoms with Gasteiger partial charge in [-0.2, -0.15) is 0 Å². The van der Waals surface area contributed by atoms with Crippen LogP contribution in [0.25, 0.3) is 11.1 Å². The van der Waals surface area contributed by atoms with E-state index in [-0.39, 0.29) is 22.6 Å². The maximum absolute atomic E-state index is 13.9. The van der Waals surface area contributed by atoms with Crippen molar-refractivity contribution in [2.75, 3.05) is 51.1 Å². The lowest BCUT2D eigenvalue weighted by molar-refractivity contribution is -0.150. The molecule has 0 aliphatic rings. The fourth-order valence-corrected chi connectivity index (χ4v) is 7.21. The van der Waals surface area contributed by atoms with Gasteiger partial charge in [0, 0.05) is 34.6 Å². The molecule has 4 rings (SSSR count). The number of ether oxygens (including phenoxy) is 6. The Morgan fingerprint density at radius 2 is 0.629 bits per heavy atom. The zero-order chi connectivity index (χ0) is 50.4. The normalized spacial score (nSPS) is 10.9. The quantitative estimate of drug-likeness (QED) is 0.0189. The van der Waals surface area contributed by atoms with Crippen molar-refractivity contribution in [1.29, 1.82) is 0 Å². The van der Waals surface area contributed by atoms with Gasteiger partial charge in [0.1, 0.15) is 0 Å². The molecule has 0 spiro atoms. The molecule has 0 aliphatic heterocycles. The molecule has 386 valence electrons. The summed E-state index contributed by atoms with van der Waals surface area (Å²) in [5, 5.41) is 0. The van der Waals surface area contributed by atoms with E-state index in [9.17, 15) is 9.59 Å². The van der Waals surface area contributed by atoms with Crippen molar-refractivity contribution in [2.24, 2.45) is 0 Å². The summed E-state index contributed by atoms with van der Waals surface area (Å²) >= 11 is 0. The number of benzene rings is 4. The van der Waals surface area contributed by atoms with Gasteiger partial charge in [0.05, 0.1) is 50.8 Å². The third-order valence-electron chi connectivity index (χ3n) is 11.2. The van der Waals surface area contributed by atoms with Gasteiger partial charge in [-0.3, -0.25) is 9.78 Å². The topological polar surface area (TPSA) is 178 Å². The SMILES string of the molecule is CCCCCOc1cc(C(=O)OOc2cc(N)ccc2-c2ccc(N)cc2OOC(=O)c2cc(OCCCCC)c(OCCCCC)c(OCCCCC)c2)cc(OCCCCC)c1OCCCCC. The molecule has 0 radical (unpaired) electrons. The summed E-state index contributed by atoms with van der Waals surface area (Å²) in [5.41, 5.74) is 14.2. The largest absolute Gasteiger partial charge is 0.490 e. The number of hydrogen-bond acceptors (Lipinski definition) is 14. The number of carbonyl (C=O) groups is 2. The van der Waals surface area contributed by atoms with E-state index < -0.39 is 11.9 Å². The van der Waals surface area contributed by atoms with Gasteiger partial charge in [0.15, 0.2) is 34.5 Å². The van der Waals surface area contributed by atoms with E-state index in [0.717, 1.165) is 116 Å². The molecule has 4 N–H and O–H groups in total. The molecule has 0 aliphatic carbocycles. The Bertz CT molecular complexity index is 1940. The Morgan fingerprint density at radius 1 is 0.357 bits per heavy atom. The van der Waals surface area contributed by atoms with Crippen LogP contribution in [-0.2, 0) is 9.78 Å². The van der Waals surface area contributed by atoms with E-state index in [1.165, 1.54) is 12.1 Å². The van der Waals surface area contributed by atoms with Crippen molar-refractivity contribution in [3.05, 3.63) is 71.8 Å². The first-order chi connectivity index (χ1) is 34.2. The maximum atomic E-state index is 13.9. The van der Waals surface area contributed by atoms with Crippen LogP contribution in [0.5, 0.6) is 46.0 Å². The maximum Gasteiger partial charge on any atom is 0.386 e. The van der Waals surface area contributed by atoms with Crippen LogP contribution in [0.15, 0.2) is 60.7 Å². The zero-order valence-electron chi connectivity index (χ0n) is 42.8. The second-order valence-corrected chi connectivity index (χ2v) is 17.4. The van der Waals surface area contributed by atoms with E-state index in [1.54, 1.807) is 48.5 Å². The summed E-state index contributed by atoms with van der Waals surface area (Å²) in [6.45, 7) is 15.4. The molecule has 0 heterocycles. The van der Waals surface area contributed by atoms with Gasteiger partial charge in [-0.1, -0.05) is 119 Å². The van der Waals surface area contributed by atoms with Gasteiger partial charge in [-0.25, -0.2) is 19.4 Å². The Hall–Kier alpha value is -6.18. The summed E-state index contributed by atoms with van der Waals surface area (Å²) in [5.74, 6) is 0.947. The Kier molecular flexibility index (Phi) is 26.3. The second-order valence-electron chi connectivity index (χ2n) is 17.4. The van der Waals surface area contributed by atoms with Crippen LogP contribution in [0.2, 0.25) is 0 Å². The highest BCUT2D eigenvalue weighted by Gasteiger charge is 2.25. The van der Waals surface area contributed by atoms with Gasteiger partial charge in [0.2, 0.25) is 11.5 Å². The van der Waals surface area contributed by atoms with Crippen LogP contribution >= 0.6 is 0 Å². The van der Waals surface area contributed by atoms with E-state index in [2.05, 4.69) is 41.5 Å². The predicted octanol–water partition coefficient (Wildman–Crippen LogP) is 14.2. The van der Waals surface area contributed by atoms with Crippen LogP contribution in [0.1, 0.15) is 178 Å². The van der Waals surface area contributed by atoms with Crippen molar-refractivity contribution in [3.63, 3.8) is 0 Å². The highest BCUT2D eigenvalue weighted by Crippen LogP contribution is 2.43. The fourth-order valence-electron chi connectivity index (χ4n) is 7.21. The Labute approximate surface area is 416 Å². The summed E-state index contributed by atoms with van der Waals surface area (Å²) in [4.78, 5) is 50.4. The van der Waals surface area contributed by atoms with Gasteiger partial charge >= 0.3 is 11.9 Å². The van der Waals surface area contributed by atoms with Crippen molar-refractivity contribution < 1.29 is 57.6 Å². The summed E-state index contributed by atoms with van der Waals surface area (Å²) in [6.07, 6.45) is 17.2. The van der Waals surface area contributed by atoms with Crippen molar-refractivity contribution >= 4 is 23.3 Å². The number of carbonyl (C=O) groups excluding carboxylic acids is 2. The first-order valence-electron chi connectivity index (χ1n) is 25.9. The smallest absolute Gasteiger partial charge is 0.386 e. The molecule has 0 fully saturated rings. The summed E-state index contributed by atoms with van der Waals surface area (Å²) in [7, 11) is 0. The first kappa shape index (κ1) is 56.4. The average Bonchev–Trinajstić information content (AvgIpc) is 3.36. The highest BCUT2D eigenvalue weighted by molar-refractivity contribution is 5.92. The number of anilines is 2. The van der Waals surface area contributed by atoms with E-state index in [1.807, 2.05) is 0 Å². The zero-order valence-corrected chi connectivity index (χ0v) is 42.8. The minimum Gasteiger partial charge on any atom is -0.490 e. The van der Waals surface area contributed by atoms with E-state index in [0.29, 0.717) is 96.6 Å². The molecule has 0 atom stereocenters. The Morgan fingerprint density at radius 3 is 0.900 bits per heavy atom. The molecule has 14 nitrogen and oxygen atoms in total. The third-order valence-corrected chi connectivity index (χ3v) is 11.2. The van der Waals surface area contributed by atoms with E-state index in [4.69, 9.17) is 59.4 Å². The predicted molar refractivity (Wildman–Crippen MR) is 276 cm³/mol. The number of unbranched alkanes of at least 4 members (excludes halogenated alkanes) is 12. The number of nitrogens with two attached hydrogens (primary N) is 2. The molecule has 70 heavy (non-hydrogen) atoms. The fraction of sp³-hybridized carbons (Fsp3) is 0.536. The number of hydrogen-bond donors (Lipinski definition) is 2. The minimum atomic E-state index is -0.815. The second kappa shape index (κ2) is 32.6. The van der Waals surface area contributed by atoms with Crippen molar-refractivity contribution in [1.82, 2.24) is 0 Å². The minimum absolute atomic E-state index is 0.0708. The molecule has 4 aromatic rings. The van der Waals surface area contributed by atoms with Crippen LogP contribution in [0.4, 0.5) is 11.4 Å². The summed E-state index contributed by atoms with van der Waals surface area (Å²) in [6, 6.07) is 16.0. The lowest BCUT2D eigenvalue weighted by atomic mass is 10.0.